The van der Waals surface area contributed by atoms with Gasteiger partial charge in [0.1, 0.15) is 24.0 Å². The van der Waals surface area contributed by atoms with Crippen molar-refractivity contribution in [3.8, 4) is 16.9 Å². The summed E-state index contributed by atoms with van der Waals surface area (Å²) in [4.78, 5) is 30.4. The zero-order valence-electron chi connectivity index (χ0n) is 22.4. The van der Waals surface area contributed by atoms with E-state index < -0.39 is 17.7 Å². The number of hydrogen-bond donors (Lipinski definition) is 2. The van der Waals surface area contributed by atoms with Crippen molar-refractivity contribution in [2.24, 2.45) is 0 Å². The summed E-state index contributed by atoms with van der Waals surface area (Å²) in [5.41, 5.74) is 3.47. The van der Waals surface area contributed by atoms with Crippen molar-refractivity contribution < 1.29 is 19.1 Å². The number of likely N-dealkylation sites (N-methyl/N-ethyl adjacent to an activating group) is 1. The summed E-state index contributed by atoms with van der Waals surface area (Å²) in [5, 5.41) is 10.4. The molecule has 2 heterocycles. The second kappa shape index (κ2) is 11.4. The molecular weight excluding hydrogens is 506 g/mol. The number of fused-ring (bicyclic) bond motifs is 1. The molecule has 0 radical (unpaired) electrons. The van der Waals surface area contributed by atoms with Gasteiger partial charge in [-0.05, 0) is 75.8 Å². The average molecular weight is 540 g/mol. The van der Waals surface area contributed by atoms with Crippen molar-refractivity contribution in [2.75, 3.05) is 32.6 Å². The van der Waals surface area contributed by atoms with Gasteiger partial charge in [0.2, 0.25) is 5.91 Å². The van der Waals surface area contributed by atoms with Crippen LogP contribution in [0.2, 0.25) is 5.02 Å². The van der Waals surface area contributed by atoms with Crippen LogP contribution < -0.4 is 10.1 Å². The third kappa shape index (κ3) is 6.85. The molecule has 0 aliphatic carbocycles. The van der Waals surface area contributed by atoms with Crippen LogP contribution >= 0.6 is 11.6 Å². The van der Waals surface area contributed by atoms with Crippen LogP contribution in [0.4, 0.5) is 10.5 Å². The zero-order valence-corrected chi connectivity index (χ0v) is 23.1. The minimum Gasteiger partial charge on any atom is -0.490 e. The largest absolute Gasteiger partial charge is 0.490 e. The number of carbonyl (C=O) groups excluding carboxylic acids is 2. The molecule has 1 aliphatic rings. The molecular formula is C28H34ClN5O4. The number of rotatable bonds is 7. The Balaban J connectivity index is 1.62. The Kier molecular flexibility index (Phi) is 8.28. The number of anilines is 1. The first-order valence-electron chi connectivity index (χ1n) is 12.5. The second-order valence-electron chi connectivity index (χ2n) is 10.6. The highest BCUT2D eigenvalue weighted by Gasteiger charge is 2.37. The maximum absolute atomic E-state index is 13.7. The van der Waals surface area contributed by atoms with Crippen LogP contribution in [-0.2, 0) is 22.5 Å². The quantitative estimate of drug-likeness (QED) is 0.440. The second-order valence-corrected chi connectivity index (χ2v) is 11.0. The number of aromatic nitrogens is 2. The molecule has 0 fully saturated rings. The van der Waals surface area contributed by atoms with Crippen LogP contribution in [0.5, 0.6) is 5.75 Å². The molecule has 0 saturated carbocycles. The van der Waals surface area contributed by atoms with Crippen molar-refractivity contribution in [1.29, 1.82) is 0 Å². The fourth-order valence-corrected chi connectivity index (χ4v) is 4.38. The van der Waals surface area contributed by atoms with Gasteiger partial charge in [0.25, 0.3) is 0 Å². The summed E-state index contributed by atoms with van der Waals surface area (Å²) < 4.78 is 11.7. The number of nitrogens with zero attached hydrogens (tertiary/aromatic N) is 3. The molecule has 4 rings (SSSR count). The highest BCUT2D eigenvalue weighted by Crippen LogP contribution is 2.33. The number of carbonyl (C=O) groups is 2. The van der Waals surface area contributed by atoms with Crippen molar-refractivity contribution >= 4 is 29.3 Å². The number of H-pyrrole nitrogens is 1. The lowest BCUT2D eigenvalue weighted by Crippen LogP contribution is -2.52. The third-order valence-corrected chi connectivity index (χ3v) is 6.33. The van der Waals surface area contributed by atoms with E-state index in [9.17, 15) is 9.59 Å². The van der Waals surface area contributed by atoms with Gasteiger partial charge in [0.05, 0.1) is 18.4 Å². The topological polar surface area (TPSA) is 99.8 Å². The van der Waals surface area contributed by atoms with E-state index in [-0.39, 0.29) is 12.5 Å². The Morgan fingerprint density at radius 1 is 1.16 bits per heavy atom. The lowest BCUT2D eigenvalue weighted by molar-refractivity contribution is -0.121. The van der Waals surface area contributed by atoms with E-state index in [1.54, 1.807) is 45.3 Å². The van der Waals surface area contributed by atoms with Crippen LogP contribution in [0.25, 0.3) is 11.1 Å². The summed E-state index contributed by atoms with van der Waals surface area (Å²) in [7, 11) is 3.93. The summed E-state index contributed by atoms with van der Waals surface area (Å²) in [6, 6.07) is 10.3. The highest BCUT2D eigenvalue weighted by atomic mass is 35.5. The molecule has 202 valence electrons. The van der Waals surface area contributed by atoms with E-state index in [0.717, 1.165) is 22.3 Å². The number of amides is 2. The molecule has 2 amide bonds. The zero-order chi connectivity index (χ0) is 27.4. The van der Waals surface area contributed by atoms with Crippen LogP contribution in [0.15, 0.2) is 48.8 Å². The SMILES string of the molecule is CN(C)CCOc1cc(-c2cn[nH]c2)ccc1NC(=O)[C@H]1Cc2cc(Cl)ccc2CN1C(=O)OC(C)(C)C. The number of nitrogens with one attached hydrogen (secondary N) is 2. The monoisotopic (exact) mass is 539 g/mol. The standard InChI is InChI=1S/C28H34ClN5O4/c1-28(2,3)38-27(36)34-17-19-6-8-22(29)12-20(19)13-24(34)26(35)32-23-9-7-18(21-15-30-31-16-21)14-25(23)37-11-10-33(4)5/h6-9,12,14-16,24H,10-11,13,17H2,1-5H3,(H,30,31)(H,32,35)/t24-/m1/s1. The molecule has 1 aliphatic heterocycles. The molecule has 2 aromatic carbocycles. The van der Waals surface area contributed by atoms with E-state index in [0.29, 0.717) is 36.0 Å². The number of benzene rings is 2. The normalized spacial score (nSPS) is 15.2. The average Bonchev–Trinajstić information content (AvgIpc) is 3.38. The van der Waals surface area contributed by atoms with Gasteiger partial charge in [0.15, 0.2) is 0 Å². The first kappa shape index (κ1) is 27.5. The van der Waals surface area contributed by atoms with E-state index in [1.807, 2.05) is 43.3 Å². The number of halogens is 1. The van der Waals surface area contributed by atoms with E-state index in [4.69, 9.17) is 21.1 Å². The van der Waals surface area contributed by atoms with Gasteiger partial charge >= 0.3 is 6.09 Å². The van der Waals surface area contributed by atoms with Gasteiger partial charge in [-0.1, -0.05) is 23.7 Å². The smallest absolute Gasteiger partial charge is 0.411 e. The summed E-state index contributed by atoms with van der Waals surface area (Å²) in [6.07, 6.45) is 3.28. The van der Waals surface area contributed by atoms with Gasteiger partial charge in [0, 0.05) is 29.7 Å². The summed E-state index contributed by atoms with van der Waals surface area (Å²) >= 11 is 6.24. The summed E-state index contributed by atoms with van der Waals surface area (Å²) in [5.74, 6) is 0.192. The molecule has 0 unspecified atom stereocenters. The molecule has 0 spiro atoms. The van der Waals surface area contributed by atoms with Crippen LogP contribution in [0.1, 0.15) is 31.9 Å². The van der Waals surface area contributed by atoms with Gasteiger partial charge in [-0.25, -0.2) is 4.79 Å². The maximum atomic E-state index is 13.7. The first-order chi connectivity index (χ1) is 18.0. The van der Waals surface area contributed by atoms with E-state index in [1.165, 1.54) is 4.90 Å². The predicted octanol–water partition coefficient (Wildman–Crippen LogP) is 4.97. The van der Waals surface area contributed by atoms with Crippen molar-refractivity contribution in [3.05, 3.63) is 64.9 Å². The number of hydrogen-bond acceptors (Lipinski definition) is 6. The van der Waals surface area contributed by atoms with Crippen molar-refractivity contribution in [2.45, 2.75) is 45.4 Å². The number of aromatic amines is 1. The molecule has 2 N–H and O–H groups in total. The Hall–Kier alpha value is -3.56. The third-order valence-electron chi connectivity index (χ3n) is 6.10. The predicted molar refractivity (Wildman–Crippen MR) is 147 cm³/mol. The van der Waals surface area contributed by atoms with Crippen molar-refractivity contribution in [1.82, 2.24) is 20.0 Å². The molecule has 1 atom stereocenters. The molecule has 10 heteroatoms. The molecule has 0 bridgehead atoms. The van der Waals surface area contributed by atoms with Gasteiger partial charge < -0.3 is 19.7 Å². The number of ether oxygens (including phenoxy) is 2. The molecule has 0 saturated heterocycles. The lowest BCUT2D eigenvalue weighted by atomic mass is 9.93. The van der Waals surface area contributed by atoms with Gasteiger partial charge in [-0.3, -0.25) is 14.8 Å². The minimum atomic E-state index is -0.793. The molecule has 3 aromatic rings. The lowest BCUT2D eigenvalue weighted by Gasteiger charge is -2.37. The highest BCUT2D eigenvalue weighted by molar-refractivity contribution is 6.30. The van der Waals surface area contributed by atoms with Crippen molar-refractivity contribution in [3.63, 3.8) is 0 Å². The maximum Gasteiger partial charge on any atom is 0.411 e. The van der Waals surface area contributed by atoms with Crippen LogP contribution in [-0.4, -0.2) is 70.9 Å². The Morgan fingerprint density at radius 3 is 2.63 bits per heavy atom. The van der Waals surface area contributed by atoms with E-state index >= 15 is 0 Å². The van der Waals surface area contributed by atoms with Gasteiger partial charge in [-0.2, -0.15) is 5.10 Å². The molecule has 9 nitrogen and oxygen atoms in total. The van der Waals surface area contributed by atoms with E-state index in [2.05, 4.69) is 15.5 Å². The van der Waals surface area contributed by atoms with Crippen LogP contribution in [0.3, 0.4) is 0 Å². The first-order valence-corrected chi connectivity index (χ1v) is 12.9. The molecule has 38 heavy (non-hydrogen) atoms. The minimum absolute atomic E-state index is 0.241. The Bertz CT molecular complexity index is 1290. The fraction of sp³-hybridized carbons (Fsp3) is 0.393. The van der Waals surface area contributed by atoms with Gasteiger partial charge in [-0.15, -0.1) is 0 Å². The van der Waals surface area contributed by atoms with Crippen LogP contribution in [0, 0.1) is 0 Å². The fourth-order valence-electron chi connectivity index (χ4n) is 4.19. The summed E-state index contributed by atoms with van der Waals surface area (Å²) in [6.45, 7) is 6.79. The Labute approximate surface area is 228 Å². The Morgan fingerprint density at radius 2 is 1.95 bits per heavy atom. The molecule has 1 aromatic heterocycles.